The number of aryl methyl sites for hydroxylation is 1. The standard InChI is InChI=1S/C21H20BrN2O2/c22-18-5-2-1-4-16(18)14-23-11-7-15(8-12-23)20(25)17-9-13-24-10-3-6-19(24)21(17)26/h1-8,10-12,17,20,25H,9,13-14H2/q+1/t17-,20+/m0/s1. The minimum absolute atomic E-state index is 0.0266. The Morgan fingerprint density at radius 2 is 1.92 bits per heavy atom. The molecule has 3 aromatic rings. The summed E-state index contributed by atoms with van der Waals surface area (Å²) in [6, 6.07) is 15.6. The van der Waals surface area contributed by atoms with Crippen LogP contribution in [0.15, 0.2) is 71.6 Å². The number of aliphatic hydroxyl groups excluding tert-OH is 1. The number of rotatable bonds is 4. The average Bonchev–Trinajstić information content (AvgIpc) is 3.14. The Kier molecular flexibility index (Phi) is 4.74. The second-order valence-corrected chi connectivity index (χ2v) is 7.54. The van der Waals surface area contributed by atoms with Gasteiger partial charge in [0.1, 0.15) is 0 Å². The van der Waals surface area contributed by atoms with Gasteiger partial charge in [-0.25, -0.2) is 4.57 Å². The van der Waals surface area contributed by atoms with E-state index in [9.17, 15) is 9.90 Å². The number of benzene rings is 1. The highest BCUT2D eigenvalue weighted by Crippen LogP contribution is 2.31. The molecule has 0 aliphatic carbocycles. The van der Waals surface area contributed by atoms with Crippen LogP contribution in [0.4, 0.5) is 0 Å². The van der Waals surface area contributed by atoms with Crippen molar-refractivity contribution in [2.24, 2.45) is 5.92 Å². The molecule has 4 nitrogen and oxygen atoms in total. The van der Waals surface area contributed by atoms with Gasteiger partial charge in [-0.05, 0) is 30.2 Å². The van der Waals surface area contributed by atoms with Crippen LogP contribution in [0.1, 0.15) is 34.1 Å². The van der Waals surface area contributed by atoms with Crippen LogP contribution >= 0.6 is 15.9 Å². The zero-order chi connectivity index (χ0) is 18.1. The van der Waals surface area contributed by atoms with Crippen molar-refractivity contribution < 1.29 is 14.5 Å². The van der Waals surface area contributed by atoms with Crippen LogP contribution in [-0.2, 0) is 13.1 Å². The number of nitrogens with zero attached hydrogens (tertiary/aromatic N) is 2. The number of hydrogen-bond donors (Lipinski definition) is 1. The predicted molar refractivity (Wildman–Crippen MR) is 102 cm³/mol. The molecule has 0 fully saturated rings. The summed E-state index contributed by atoms with van der Waals surface area (Å²) in [5.74, 6) is -0.352. The van der Waals surface area contributed by atoms with Crippen molar-refractivity contribution in [2.75, 3.05) is 0 Å². The van der Waals surface area contributed by atoms with Crippen molar-refractivity contribution in [3.63, 3.8) is 0 Å². The van der Waals surface area contributed by atoms with Gasteiger partial charge in [-0.3, -0.25) is 4.79 Å². The number of carbonyl (C=O) groups is 1. The van der Waals surface area contributed by atoms with Crippen LogP contribution in [0.3, 0.4) is 0 Å². The molecular formula is C21H20BrN2O2+. The normalized spacial score (nSPS) is 17.8. The van der Waals surface area contributed by atoms with Crippen LogP contribution in [0.25, 0.3) is 0 Å². The van der Waals surface area contributed by atoms with E-state index in [0.717, 1.165) is 23.1 Å². The van der Waals surface area contributed by atoms with Gasteiger partial charge in [0, 0.05) is 34.9 Å². The van der Waals surface area contributed by atoms with Gasteiger partial charge in [-0.15, -0.1) is 0 Å². The molecule has 1 aliphatic rings. The maximum Gasteiger partial charge on any atom is 0.185 e. The molecule has 2 atom stereocenters. The summed E-state index contributed by atoms with van der Waals surface area (Å²) in [5, 5.41) is 10.8. The highest BCUT2D eigenvalue weighted by Gasteiger charge is 2.33. The van der Waals surface area contributed by atoms with Crippen LogP contribution in [0.5, 0.6) is 0 Å². The van der Waals surface area contributed by atoms with Crippen molar-refractivity contribution in [3.8, 4) is 0 Å². The zero-order valence-corrected chi connectivity index (χ0v) is 15.8. The van der Waals surface area contributed by atoms with E-state index in [2.05, 4.69) is 26.6 Å². The van der Waals surface area contributed by atoms with Gasteiger partial charge in [0.05, 0.1) is 17.7 Å². The van der Waals surface area contributed by atoms with E-state index in [0.29, 0.717) is 12.1 Å². The van der Waals surface area contributed by atoms with Crippen LogP contribution < -0.4 is 4.57 Å². The summed E-state index contributed by atoms with van der Waals surface area (Å²) in [7, 11) is 0. The number of fused-ring (bicyclic) bond motifs is 1. The molecule has 4 rings (SSSR count). The summed E-state index contributed by atoms with van der Waals surface area (Å²) < 4.78 is 5.10. The van der Waals surface area contributed by atoms with E-state index in [-0.39, 0.29) is 11.7 Å². The molecule has 0 amide bonds. The molecule has 2 aromatic heterocycles. The minimum atomic E-state index is -0.774. The Morgan fingerprint density at radius 1 is 1.15 bits per heavy atom. The minimum Gasteiger partial charge on any atom is -0.388 e. The molecular weight excluding hydrogens is 392 g/mol. The maximum atomic E-state index is 12.6. The third kappa shape index (κ3) is 3.24. The second kappa shape index (κ2) is 7.17. The highest BCUT2D eigenvalue weighted by atomic mass is 79.9. The monoisotopic (exact) mass is 411 g/mol. The smallest absolute Gasteiger partial charge is 0.185 e. The molecule has 0 bridgehead atoms. The molecule has 1 N–H and O–H groups in total. The lowest BCUT2D eigenvalue weighted by Gasteiger charge is -2.27. The summed E-state index contributed by atoms with van der Waals surface area (Å²) in [6.07, 6.45) is 5.71. The highest BCUT2D eigenvalue weighted by molar-refractivity contribution is 9.10. The molecule has 0 spiro atoms. The van der Waals surface area contributed by atoms with Gasteiger partial charge in [0.2, 0.25) is 0 Å². The van der Waals surface area contributed by atoms with E-state index in [1.165, 1.54) is 5.56 Å². The molecule has 5 heteroatoms. The number of pyridine rings is 1. The van der Waals surface area contributed by atoms with Crippen molar-refractivity contribution in [1.29, 1.82) is 0 Å². The van der Waals surface area contributed by atoms with E-state index >= 15 is 0 Å². The zero-order valence-electron chi connectivity index (χ0n) is 14.3. The number of aromatic nitrogens is 2. The summed E-state index contributed by atoms with van der Waals surface area (Å²) in [5.41, 5.74) is 2.67. The number of hydrogen-bond acceptors (Lipinski definition) is 2. The first kappa shape index (κ1) is 17.2. The van der Waals surface area contributed by atoms with Crippen molar-refractivity contribution in [2.45, 2.75) is 25.6 Å². The Hall–Kier alpha value is -2.24. The van der Waals surface area contributed by atoms with Gasteiger partial charge in [0.15, 0.2) is 24.7 Å². The van der Waals surface area contributed by atoms with Gasteiger partial charge in [-0.1, -0.05) is 34.1 Å². The first-order valence-electron chi connectivity index (χ1n) is 8.73. The molecule has 0 unspecified atom stereocenters. The molecule has 26 heavy (non-hydrogen) atoms. The van der Waals surface area contributed by atoms with Crippen LogP contribution in [-0.4, -0.2) is 15.5 Å². The van der Waals surface area contributed by atoms with Gasteiger partial charge in [0.25, 0.3) is 0 Å². The number of carbonyl (C=O) groups excluding carboxylic acids is 1. The second-order valence-electron chi connectivity index (χ2n) is 6.69. The fourth-order valence-electron chi connectivity index (χ4n) is 3.56. The fraction of sp³-hybridized carbons (Fsp3) is 0.238. The number of halogens is 1. The number of Topliss-reactive ketones (excluding diaryl/α,β-unsaturated/α-hetero) is 1. The summed E-state index contributed by atoms with van der Waals surface area (Å²) in [6.45, 7) is 1.51. The van der Waals surface area contributed by atoms with Crippen molar-refractivity contribution in [1.82, 2.24) is 4.57 Å². The van der Waals surface area contributed by atoms with Crippen LogP contribution in [0, 0.1) is 5.92 Å². The third-order valence-corrected chi connectivity index (χ3v) is 5.82. The summed E-state index contributed by atoms with van der Waals surface area (Å²) in [4.78, 5) is 12.6. The summed E-state index contributed by atoms with van der Waals surface area (Å²) >= 11 is 3.57. The SMILES string of the molecule is O=C1c2cccn2CC[C@H]1[C@H](O)c1cc[n+](Cc2ccccc2Br)cc1. The molecule has 132 valence electrons. The van der Waals surface area contributed by atoms with E-state index < -0.39 is 6.10 Å². The molecule has 0 saturated heterocycles. The third-order valence-electron chi connectivity index (χ3n) is 5.05. The lowest BCUT2D eigenvalue weighted by Crippen LogP contribution is -2.34. The molecule has 0 radical (unpaired) electrons. The van der Waals surface area contributed by atoms with Crippen molar-refractivity contribution >= 4 is 21.7 Å². The topological polar surface area (TPSA) is 46.1 Å². The Morgan fingerprint density at radius 3 is 2.69 bits per heavy atom. The molecule has 1 aliphatic heterocycles. The Labute approximate surface area is 160 Å². The Bertz CT molecular complexity index is 933. The Balaban J connectivity index is 1.50. The number of aliphatic hydroxyl groups is 1. The number of ketones is 1. The fourth-order valence-corrected chi connectivity index (χ4v) is 3.97. The average molecular weight is 412 g/mol. The molecule has 1 aromatic carbocycles. The molecule has 3 heterocycles. The van der Waals surface area contributed by atoms with E-state index in [4.69, 9.17) is 0 Å². The molecule has 0 saturated carbocycles. The quantitative estimate of drug-likeness (QED) is 0.667. The first-order chi connectivity index (χ1) is 12.6. The lowest BCUT2D eigenvalue weighted by atomic mass is 9.86. The predicted octanol–water partition coefficient (Wildman–Crippen LogP) is 3.52. The van der Waals surface area contributed by atoms with Gasteiger partial charge >= 0.3 is 0 Å². The van der Waals surface area contributed by atoms with Crippen molar-refractivity contribution in [3.05, 3.63) is 88.4 Å². The maximum absolute atomic E-state index is 12.6. The van der Waals surface area contributed by atoms with Gasteiger partial charge < -0.3 is 9.67 Å². The van der Waals surface area contributed by atoms with Gasteiger partial charge in [-0.2, -0.15) is 0 Å². The van der Waals surface area contributed by atoms with Crippen LogP contribution in [0.2, 0.25) is 0 Å². The van der Waals surface area contributed by atoms with E-state index in [1.807, 2.05) is 65.6 Å². The van der Waals surface area contributed by atoms with E-state index in [1.54, 1.807) is 0 Å². The lowest BCUT2D eigenvalue weighted by molar-refractivity contribution is -0.688. The largest absolute Gasteiger partial charge is 0.388 e. The first-order valence-corrected chi connectivity index (χ1v) is 9.52.